The van der Waals surface area contributed by atoms with Crippen molar-refractivity contribution in [2.75, 3.05) is 0 Å². The van der Waals surface area contributed by atoms with Gasteiger partial charge in [0.15, 0.2) is 0 Å². The van der Waals surface area contributed by atoms with Crippen LogP contribution < -0.4 is 0 Å². The van der Waals surface area contributed by atoms with Crippen LogP contribution in [0.4, 0.5) is 0 Å². The fourth-order valence-electron chi connectivity index (χ4n) is 10.4. The lowest BCUT2D eigenvalue weighted by molar-refractivity contribution is 1.02. The van der Waals surface area contributed by atoms with Gasteiger partial charge in [-0.05, 0) is 115 Å². The summed E-state index contributed by atoms with van der Waals surface area (Å²) in [4.78, 5) is 19.4. The standard InChI is InChI=1S/C60H40N4/c1-5-21-41-37(13-1)17-9-25-45(41)57-49-29-31-51(61-49)58(46-26-10-18-38-14-2-6-22-42(38)46)53-33-35-55(63-53)60(48-28-12-20-40-16-4-8-24-44(40)48)56-36-34-54(64-56)59(52-32-30-50(57)62-52)47-27-11-19-39-15-3-7-23-43(39)47/h1-33,35,61,64H,34,36H2. The molecule has 0 unspecified atom stereocenters. The van der Waals surface area contributed by atoms with E-state index in [0.717, 1.165) is 103 Å². The predicted octanol–water partition coefficient (Wildman–Crippen LogP) is 15.4. The number of aromatic nitrogens is 4. The number of aromatic amines is 2. The Morgan fingerprint density at radius 2 is 0.578 bits per heavy atom. The van der Waals surface area contributed by atoms with Crippen LogP contribution in [-0.4, -0.2) is 19.9 Å². The molecule has 0 amide bonds. The maximum atomic E-state index is 5.68. The number of aryl methyl sites for hydroxylation is 2. The lowest BCUT2D eigenvalue weighted by atomic mass is 9.94. The molecule has 300 valence electrons. The van der Waals surface area contributed by atoms with Crippen LogP contribution in [0.15, 0.2) is 182 Å². The van der Waals surface area contributed by atoms with E-state index in [2.05, 4.69) is 216 Å². The molecule has 0 aliphatic carbocycles. The van der Waals surface area contributed by atoms with Crippen LogP contribution in [0.25, 0.3) is 123 Å². The normalized spacial score (nSPS) is 12.8. The van der Waals surface area contributed by atoms with Crippen LogP contribution in [0.5, 0.6) is 0 Å². The van der Waals surface area contributed by atoms with Crippen molar-refractivity contribution in [1.29, 1.82) is 0 Å². The molecular weight excluding hydrogens is 777 g/mol. The molecule has 0 spiro atoms. The fraction of sp³-hybridized carbons (Fsp3) is 0.0333. The third-order valence-electron chi connectivity index (χ3n) is 13.3. The van der Waals surface area contributed by atoms with Gasteiger partial charge >= 0.3 is 0 Å². The Morgan fingerprint density at radius 3 is 0.938 bits per heavy atom. The molecule has 64 heavy (non-hydrogen) atoms. The monoisotopic (exact) mass is 816 g/mol. The van der Waals surface area contributed by atoms with Gasteiger partial charge in [-0.1, -0.05) is 170 Å². The Kier molecular flexibility index (Phi) is 8.31. The molecule has 4 heteroatoms. The molecule has 0 fully saturated rings. The second-order valence-electron chi connectivity index (χ2n) is 16.9. The second kappa shape index (κ2) is 14.6. The summed E-state index contributed by atoms with van der Waals surface area (Å²) in [6, 6.07) is 65.6. The Hall–Kier alpha value is -8.34. The van der Waals surface area contributed by atoms with Gasteiger partial charge in [0.05, 0.1) is 22.8 Å². The third-order valence-corrected chi connectivity index (χ3v) is 13.3. The van der Waals surface area contributed by atoms with Crippen molar-refractivity contribution in [2.24, 2.45) is 0 Å². The van der Waals surface area contributed by atoms with Gasteiger partial charge in [-0.25, -0.2) is 9.97 Å². The Balaban J connectivity index is 1.24. The molecule has 8 bridgehead atoms. The van der Waals surface area contributed by atoms with Crippen molar-refractivity contribution < 1.29 is 0 Å². The van der Waals surface area contributed by atoms with E-state index in [0.29, 0.717) is 0 Å². The average Bonchev–Trinajstić information content (AvgIpc) is 4.20. The predicted molar refractivity (Wildman–Crippen MR) is 269 cm³/mol. The highest BCUT2D eigenvalue weighted by molar-refractivity contribution is 6.08. The maximum absolute atomic E-state index is 5.68. The Labute approximate surface area is 370 Å². The summed E-state index contributed by atoms with van der Waals surface area (Å²) in [5.74, 6) is 0. The quantitative estimate of drug-likeness (QED) is 0.186. The van der Waals surface area contributed by atoms with Crippen molar-refractivity contribution >= 4 is 78.4 Å². The molecular formula is C60H40N4. The van der Waals surface area contributed by atoms with Crippen molar-refractivity contribution in [1.82, 2.24) is 19.9 Å². The van der Waals surface area contributed by atoms with Gasteiger partial charge in [-0.3, -0.25) is 0 Å². The van der Waals surface area contributed by atoms with Crippen molar-refractivity contribution in [3.05, 3.63) is 216 Å². The molecule has 13 rings (SSSR count). The molecule has 0 saturated carbocycles. The van der Waals surface area contributed by atoms with E-state index in [1.165, 1.54) is 43.1 Å². The smallest absolute Gasteiger partial charge is 0.0737 e. The lowest BCUT2D eigenvalue weighted by Crippen LogP contribution is -1.93. The van der Waals surface area contributed by atoms with Crippen molar-refractivity contribution in [2.45, 2.75) is 12.8 Å². The molecule has 0 saturated heterocycles. The van der Waals surface area contributed by atoms with Crippen LogP contribution in [0, 0.1) is 0 Å². The first-order valence-electron chi connectivity index (χ1n) is 22.1. The summed E-state index contributed by atoms with van der Waals surface area (Å²) in [7, 11) is 0. The Bertz CT molecular complexity index is 3590. The zero-order valence-corrected chi connectivity index (χ0v) is 34.9. The van der Waals surface area contributed by atoms with Gasteiger partial charge in [0, 0.05) is 44.7 Å². The first kappa shape index (κ1) is 36.3. The zero-order valence-electron chi connectivity index (χ0n) is 34.9. The number of nitrogens with zero attached hydrogens (tertiary/aromatic N) is 2. The minimum atomic E-state index is 0.824. The molecule has 2 N–H and O–H groups in total. The molecule has 3 aliphatic heterocycles. The van der Waals surface area contributed by atoms with Crippen LogP contribution in [0.1, 0.15) is 34.2 Å². The van der Waals surface area contributed by atoms with Crippen LogP contribution >= 0.6 is 0 Å². The number of rotatable bonds is 4. The second-order valence-corrected chi connectivity index (χ2v) is 16.9. The number of H-pyrrole nitrogens is 2. The summed E-state index contributed by atoms with van der Waals surface area (Å²) in [5, 5.41) is 9.52. The third kappa shape index (κ3) is 5.84. The van der Waals surface area contributed by atoms with Gasteiger partial charge in [-0.2, -0.15) is 0 Å². The minimum Gasteiger partial charge on any atom is -0.361 e. The first-order valence-corrected chi connectivity index (χ1v) is 22.1. The van der Waals surface area contributed by atoms with E-state index >= 15 is 0 Å². The number of fused-ring (bicyclic) bond motifs is 12. The number of hydrogen-bond acceptors (Lipinski definition) is 2. The van der Waals surface area contributed by atoms with E-state index in [9.17, 15) is 0 Å². The molecule has 2 aromatic heterocycles. The highest BCUT2D eigenvalue weighted by Crippen LogP contribution is 2.43. The van der Waals surface area contributed by atoms with E-state index in [4.69, 9.17) is 9.97 Å². The van der Waals surface area contributed by atoms with Gasteiger partial charge in [0.2, 0.25) is 0 Å². The molecule has 4 nitrogen and oxygen atoms in total. The van der Waals surface area contributed by atoms with E-state index in [1.807, 2.05) is 0 Å². The molecule has 0 radical (unpaired) electrons. The van der Waals surface area contributed by atoms with Crippen molar-refractivity contribution in [3.8, 4) is 44.5 Å². The minimum absolute atomic E-state index is 0.824. The van der Waals surface area contributed by atoms with Gasteiger partial charge in [0.1, 0.15) is 0 Å². The molecule has 8 aromatic carbocycles. The summed E-state index contributed by atoms with van der Waals surface area (Å²) in [6.07, 6.45) is 10.5. The molecule has 3 aliphatic rings. The summed E-state index contributed by atoms with van der Waals surface area (Å²) >= 11 is 0. The first-order chi connectivity index (χ1) is 31.7. The maximum Gasteiger partial charge on any atom is 0.0737 e. The molecule has 10 aromatic rings. The number of hydrogen-bond donors (Lipinski definition) is 2. The summed E-state index contributed by atoms with van der Waals surface area (Å²) in [6.45, 7) is 0. The van der Waals surface area contributed by atoms with Crippen molar-refractivity contribution in [3.63, 3.8) is 0 Å². The highest BCUT2D eigenvalue weighted by Gasteiger charge is 2.24. The van der Waals surface area contributed by atoms with Gasteiger partial charge in [-0.15, -0.1) is 0 Å². The summed E-state index contributed by atoms with van der Waals surface area (Å²) < 4.78 is 0. The van der Waals surface area contributed by atoms with Gasteiger partial charge in [0.25, 0.3) is 0 Å². The molecule has 5 heterocycles. The van der Waals surface area contributed by atoms with E-state index in [1.54, 1.807) is 0 Å². The number of nitrogens with one attached hydrogen (secondary N) is 2. The number of benzene rings is 8. The zero-order chi connectivity index (χ0) is 42.1. The fourth-order valence-corrected chi connectivity index (χ4v) is 10.4. The topological polar surface area (TPSA) is 57.4 Å². The van der Waals surface area contributed by atoms with Crippen LogP contribution in [0.2, 0.25) is 0 Å². The molecule has 0 atom stereocenters. The van der Waals surface area contributed by atoms with Crippen LogP contribution in [-0.2, 0) is 12.8 Å². The lowest BCUT2D eigenvalue weighted by Gasteiger charge is -2.12. The van der Waals surface area contributed by atoms with E-state index < -0.39 is 0 Å². The summed E-state index contributed by atoms with van der Waals surface area (Å²) in [5.41, 5.74) is 16.9. The van der Waals surface area contributed by atoms with E-state index in [-0.39, 0.29) is 0 Å². The Morgan fingerprint density at radius 1 is 0.281 bits per heavy atom. The largest absolute Gasteiger partial charge is 0.361 e. The highest BCUT2D eigenvalue weighted by atomic mass is 14.8. The van der Waals surface area contributed by atoms with Crippen LogP contribution in [0.3, 0.4) is 0 Å². The average molecular weight is 817 g/mol. The SMILES string of the molecule is C1=Cc2nc1c(-c1cccc3ccccc13)c1[nH]c(c(-c3cccc4ccccc34)c3nc(c(-c4cccc5ccccc45)c4ccc([nH]4)c2-c2cccc4ccccc24)C=C3)CC1. The van der Waals surface area contributed by atoms with Gasteiger partial charge < -0.3 is 9.97 Å².